The number of nitrogens with zero attached hydrogens (tertiary/aromatic N) is 2. The van der Waals surface area contributed by atoms with Gasteiger partial charge in [-0.05, 0) is 44.4 Å². The number of aromatic nitrogens is 2. The van der Waals surface area contributed by atoms with Crippen LogP contribution in [0.2, 0.25) is 0 Å². The van der Waals surface area contributed by atoms with Gasteiger partial charge >= 0.3 is 0 Å². The molecule has 4 nitrogen and oxygen atoms in total. The lowest BCUT2D eigenvalue weighted by molar-refractivity contribution is 0.227. The summed E-state index contributed by atoms with van der Waals surface area (Å²) in [7, 11) is 0. The zero-order chi connectivity index (χ0) is 15.1. The molecule has 1 heterocycles. The van der Waals surface area contributed by atoms with Gasteiger partial charge in [0.25, 0.3) is 0 Å². The van der Waals surface area contributed by atoms with Crippen molar-refractivity contribution in [1.82, 2.24) is 15.1 Å². The topological polar surface area (TPSA) is 50.1 Å². The molecule has 2 rings (SSSR count). The molecule has 2 N–H and O–H groups in total. The van der Waals surface area contributed by atoms with Crippen LogP contribution >= 0.6 is 0 Å². The molecule has 1 aromatic carbocycles. The Balaban J connectivity index is 1.83. The van der Waals surface area contributed by atoms with Gasteiger partial charge in [0.15, 0.2) is 0 Å². The SMILES string of the molecule is CC(CO)CCCNC(C)c1cnn(-c2ccccc2)c1. The third kappa shape index (κ3) is 4.69. The Morgan fingerprint density at radius 2 is 2.00 bits per heavy atom. The highest BCUT2D eigenvalue weighted by Gasteiger charge is 2.08. The summed E-state index contributed by atoms with van der Waals surface area (Å²) in [6.07, 6.45) is 6.13. The van der Waals surface area contributed by atoms with E-state index in [1.165, 1.54) is 5.56 Å². The molecule has 2 aromatic rings. The third-order valence-corrected chi connectivity index (χ3v) is 3.76. The van der Waals surface area contributed by atoms with Crippen molar-refractivity contribution in [3.05, 3.63) is 48.3 Å². The van der Waals surface area contributed by atoms with Crippen LogP contribution in [-0.2, 0) is 0 Å². The van der Waals surface area contributed by atoms with Crippen LogP contribution in [0.3, 0.4) is 0 Å². The Morgan fingerprint density at radius 3 is 2.71 bits per heavy atom. The number of nitrogens with one attached hydrogen (secondary N) is 1. The number of aliphatic hydroxyl groups is 1. The summed E-state index contributed by atoms with van der Waals surface area (Å²) < 4.78 is 1.90. The number of benzene rings is 1. The molecule has 0 saturated heterocycles. The number of para-hydroxylation sites is 1. The highest BCUT2D eigenvalue weighted by molar-refractivity contribution is 5.31. The highest BCUT2D eigenvalue weighted by atomic mass is 16.3. The minimum atomic E-state index is 0.277. The lowest BCUT2D eigenvalue weighted by atomic mass is 10.1. The minimum Gasteiger partial charge on any atom is -0.396 e. The Labute approximate surface area is 126 Å². The first kappa shape index (κ1) is 15.7. The molecule has 0 aliphatic rings. The molecule has 21 heavy (non-hydrogen) atoms. The summed E-state index contributed by atoms with van der Waals surface area (Å²) in [5.74, 6) is 0.392. The standard InChI is InChI=1S/C17H25N3O/c1-14(13-21)7-6-10-18-15(2)16-11-19-20(12-16)17-8-4-3-5-9-17/h3-5,8-9,11-12,14-15,18,21H,6-7,10,13H2,1-2H3. The summed E-state index contributed by atoms with van der Waals surface area (Å²) >= 11 is 0. The Bertz CT molecular complexity index is 524. The fraction of sp³-hybridized carbons (Fsp3) is 0.471. The van der Waals surface area contributed by atoms with Crippen molar-refractivity contribution in [2.24, 2.45) is 5.92 Å². The smallest absolute Gasteiger partial charge is 0.0645 e. The second kappa shape index (κ2) is 7.96. The first-order valence-corrected chi connectivity index (χ1v) is 7.65. The van der Waals surface area contributed by atoms with Gasteiger partial charge in [0.05, 0.1) is 11.9 Å². The average molecular weight is 287 g/mol. The van der Waals surface area contributed by atoms with E-state index in [2.05, 4.69) is 30.5 Å². The van der Waals surface area contributed by atoms with Crippen molar-refractivity contribution in [3.8, 4) is 5.69 Å². The summed E-state index contributed by atoms with van der Waals surface area (Å²) in [6, 6.07) is 10.4. The molecule has 0 spiro atoms. The summed E-state index contributed by atoms with van der Waals surface area (Å²) in [5.41, 5.74) is 2.27. The Morgan fingerprint density at radius 1 is 1.24 bits per heavy atom. The molecule has 0 bridgehead atoms. The zero-order valence-corrected chi connectivity index (χ0v) is 12.9. The van der Waals surface area contributed by atoms with Gasteiger partial charge in [0.1, 0.15) is 0 Å². The average Bonchev–Trinajstić information content (AvgIpc) is 3.02. The number of rotatable bonds is 8. The van der Waals surface area contributed by atoms with E-state index in [0.717, 1.165) is 25.1 Å². The van der Waals surface area contributed by atoms with E-state index in [1.807, 2.05) is 41.2 Å². The molecule has 1 aromatic heterocycles. The third-order valence-electron chi connectivity index (χ3n) is 3.76. The Kier molecular flexibility index (Phi) is 5.96. The molecule has 0 radical (unpaired) electrons. The van der Waals surface area contributed by atoms with E-state index < -0.39 is 0 Å². The van der Waals surface area contributed by atoms with Crippen molar-refractivity contribution in [3.63, 3.8) is 0 Å². The molecule has 114 valence electrons. The lowest BCUT2D eigenvalue weighted by Gasteiger charge is -2.13. The van der Waals surface area contributed by atoms with Gasteiger partial charge < -0.3 is 10.4 Å². The van der Waals surface area contributed by atoms with E-state index >= 15 is 0 Å². The minimum absolute atomic E-state index is 0.277. The van der Waals surface area contributed by atoms with E-state index in [9.17, 15) is 0 Å². The van der Waals surface area contributed by atoms with E-state index in [4.69, 9.17) is 5.11 Å². The quantitative estimate of drug-likeness (QED) is 0.734. The molecular formula is C17H25N3O. The summed E-state index contributed by atoms with van der Waals surface area (Å²) in [6.45, 7) is 5.47. The largest absolute Gasteiger partial charge is 0.396 e. The van der Waals surface area contributed by atoms with Crippen LogP contribution in [0.4, 0.5) is 0 Å². The molecule has 0 amide bonds. The van der Waals surface area contributed by atoms with E-state index in [0.29, 0.717) is 5.92 Å². The number of hydrogen-bond donors (Lipinski definition) is 2. The van der Waals surface area contributed by atoms with Crippen molar-refractivity contribution in [2.45, 2.75) is 32.7 Å². The first-order chi connectivity index (χ1) is 10.2. The molecular weight excluding hydrogens is 262 g/mol. The van der Waals surface area contributed by atoms with Crippen molar-refractivity contribution in [1.29, 1.82) is 0 Å². The van der Waals surface area contributed by atoms with Gasteiger partial charge in [0, 0.05) is 24.4 Å². The zero-order valence-electron chi connectivity index (χ0n) is 12.9. The second-order valence-corrected chi connectivity index (χ2v) is 5.66. The number of hydrogen-bond acceptors (Lipinski definition) is 3. The van der Waals surface area contributed by atoms with Gasteiger partial charge in [-0.2, -0.15) is 5.10 Å². The van der Waals surface area contributed by atoms with Gasteiger partial charge in [-0.1, -0.05) is 25.1 Å². The highest BCUT2D eigenvalue weighted by Crippen LogP contribution is 2.14. The molecule has 2 atom stereocenters. The molecule has 0 aliphatic heterocycles. The van der Waals surface area contributed by atoms with E-state index in [-0.39, 0.29) is 12.6 Å². The second-order valence-electron chi connectivity index (χ2n) is 5.66. The number of aliphatic hydroxyl groups excluding tert-OH is 1. The van der Waals surface area contributed by atoms with Crippen LogP contribution < -0.4 is 5.32 Å². The van der Waals surface area contributed by atoms with Crippen LogP contribution in [0.25, 0.3) is 5.69 Å². The van der Waals surface area contributed by atoms with Crippen LogP contribution in [-0.4, -0.2) is 28.0 Å². The summed E-state index contributed by atoms with van der Waals surface area (Å²) in [4.78, 5) is 0. The fourth-order valence-electron chi connectivity index (χ4n) is 2.26. The van der Waals surface area contributed by atoms with Crippen molar-refractivity contribution < 1.29 is 5.11 Å². The lowest BCUT2D eigenvalue weighted by Crippen LogP contribution is -2.20. The van der Waals surface area contributed by atoms with Crippen molar-refractivity contribution >= 4 is 0 Å². The van der Waals surface area contributed by atoms with Crippen LogP contribution in [0.1, 0.15) is 38.3 Å². The molecule has 0 fully saturated rings. The van der Waals surface area contributed by atoms with Gasteiger partial charge in [-0.25, -0.2) is 4.68 Å². The van der Waals surface area contributed by atoms with Gasteiger partial charge in [0.2, 0.25) is 0 Å². The van der Waals surface area contributed by atoms with Crippen LogP contribution in [0, 0.1) is 5.92 Å². The first-order valence-electron chi connectivity index (χ1n) is 7.65. The van der Waals surface area contributed by atoms with Gasteiger partial charge in [-0.3, -0.25) is 0 Å². The maximum absolute atomic E-state index is 9.00. The molecule has 2 unspecified atom stereocenters. The van der Waals surface area contributed by atoms with Crippen molar-refractivity contribution in [2.75, 3.05) is 13.2 Å². The summed E-state index contributed by atoms with van der Waals surface area (Å²) in [5, 5.41) is 16.9. The fourth-order valence-corrected chi connectivity index (χ4v) is 2.26. The normalized spacial score (nSPS) is 14.0. The predicted molar refractivity (Wildman–Crippen MR) is 85.5 cm³/mol. The molecule has 4 heteroatoms. The predicted octanol–water partition coefficient (Wildman–Crippen LogP) is 2.93. The van der Waals surface area contributed by atoms with Crippen LogP contribution in [0.15, 0.2) is 42.7 Å². The van der Waals surface area contributed by atoms with E-state index in [1.54, 1.807) is 0 Å². The van der Waals surface area contributed by atoms with Gasteiger partial charge in [-0.15, -0.1) is 0 Å². The molecule has 0 aliphatic carbocycles. The maximum Gasteiger partial charge on any atom is 0.0645 e. The molecule has 0 saturated carbocycles. The monoisotopic (exact) mass is 287 g/mol. The van der Waals surface area contributed by atoms with Crippen LogP contribution in [0.5, 0.6) is 0 Å². The Hall–Kier alpha value is -1.65. The maximum atomic E-state index is 9.00.